The van der Waals surface area contributed by atoms with Gasteiger partial charge in [-0.1, -0.05) is 12.1 Å². The van der Waals surface area contributed by atoms with Crippen molar-refractivity contribution in [3.8, 4) is 5.75 Å². The molecule has 1 aromatic carbocycles. The second-order valence-corrected chi connectivity index (χ2v) is 4.18. The summed E-state index contributed by atoms with van der Waals surface area (Å²) in [5, 5.41) is 8.63. The number of ketones is 1. The molecule has 1 N–H and O–H groups in total. The number of rotatable bonds is 3. The van der Waals surface area contributed by atoms with Crippen molar-refractivity contribution in [2.75, 3.05) is 7.11 Å². The summed E-state index contributed by atoms with van der Waals surface area (Å²) in [6.45, 7) is 0. The summed E-state index contributed by atoms with van der Waals surface area (Å²) in [6, 6.07) is 5.43. The van der Waals surface area contributed by atoms with Crippen molar-refractivity contribution < 1.29 is 19.4 Å². The Kier molecular flexibility index (Phi) is 3.46. The number of benzene rings is 1. The Morgan fingerprint density at radius 3 is 2.89 bits per heavy atom. The predicted octanol–water partition coefficient (Wildman–Crippen LogP) is 2.23. The van der Waals surface area contributed by atoms with Crippen molar-refractivity contribution in [1.82, 2.24) is 0 Å². The quantitative estimate of drug-likeness (QED) is 0.830. The highest BCUT2D eigenvalue weighted by Crippen LogP contribution is 2.28. The van der Waals surface area contributed by atoms with E-state index in [4.69, 9.17) is 9.84 Å². The lowest BCUT2D eigenvalue weighted by Crippen LogP contribution is -2.14. The van der Waals surface area contributed by atoms with E-state index in [2.05, 4.69) is 0 Å². The fraction of sp³-hybridized carbons (Fsp3) is 0.286. The van der Waals surface area contributed by atoms with E-state index in [0.29, 0.717) is 23.3 Å². The fourth-order valence-corrected chi connectivity index (χ4v) is 2.07. The van der Waals surface area contributed by atoms with Crippen molar-refractivity contribution in [2.24, 2.45) is 0 Å². The Bertz CT molecular complexity index is 529. The normalized spacial score (nSPS) is 16.5. The van der Waals surface area contributed by atoms with Gasteiger partial charge in [0, 0.05) is 5.56 Å². The molecule has 2 rings (SSSR count). The van der Waals surface area contributed by atoms with Crippen LogP contribution in [0.25, 0.3) is 0 Å². The van der Waals surface area contributed by atoms with E-state index < -0.39 is 5.97 Å². The molecule has 0 bridgehead atoms. The maximum Gasteiger partial charge on any atom is 0.307 e. The third-order valence-corrected chi connectivity index (χ3v) is 3.04. The summed E-state index contributed by atoms with van der Waals surface area (Å²) in [6.07, 6.45) is 2.76. The molecular formula is C14H14O4. The third kappa shape index (κ3) is 2.42. The number of hydrogen-bond donors (Lipinski definition) is 1. The van der Waals surface area contributed by atoms with Crippen LogP contribution in [0.15, 0.2) is 29.8 Å². The van der Waals surface area contributed by atoms with E-state index >= 15 is 0 Å². The number of Topliss-reactive ketones (excluding diaryl/α,β-unsaturated/α-hetero) is 1. The Labute approximate surface area is 105 Å². The lowest BCUT2D eigenvalue weighted by Gasteiger charge is -2.18. The predicted molar refractivity (Wildman–Crippen MR) is 66.0 cm³/mol. The molecule has 0 unspecified atom stereocenters. The van der Waals surface area contributed by atoms with Gasteiger partial charge in [-0.05, 0) is 36.1 Å². The SMILES string of the molecule is COc1ccc2c(c1)C(=O)/C(=C/CC(=O)O)CC2. The van der Waals surface area contributed by atoms with Gasteiger partial charge in [-0.25, -0.2) is 0 Å². The first kappa shape index (κ1) is 12.4. The van der Waals surface area contributed by atoms with Crippen molar-refractivity contribution in [3.63, 3.8) is 0 Å². The van der Waals surface area contributed by atoms with Crippen molar-refractivity contribution >= 4 is 11.8 Å². The average Bonchev–Trinajstić information content (AvgIpc) is 2.37. The zero-order chi connectivity index (χ0) is 13.1. The number of aryl methyl sites for hydroxylation is 1. The molecule has 1 aliphatic carbocycles. The molecule has 4 nitrogen and oxygen atoms in total. The van der Waals surface area contributed by atoms with Crippen molar-refractivity contribution in [2.45, 2.75) is 19.3 Å². The molecule has 0 spiro atoms. The van der Waals surface area contributed by atoms with Gasteiger partial charge in [0.2, 0.25) is 0 Å². The number of ether oxygens (including phenoxy) is 1. The molecule has 0 amide bonds. The first-order valence-corrected chi connectivity index (χ1v) is 5.74. The van der Waals surface area contributed by atoms with E-state index in [1.165, 1.54) is 6.08 Å². The molecule has 4 heteroatoms. The smallest absolute Gasteiger partial charge is 0.307 e. The summed E-state index contributed by atoms with van der Waals surface area (Å²) in [5.41, 5.74) is 2.20. The molecule has 0 aromatic heterocycles. The van der Waals surface area contributed by atoms with Crippen LogP contribution in [0.3, 0.4) is 0 Å². The first-order valence-electron chi connectivity index (χ1n) is 5.74. The number of carboxylic acids is 1. The Morgan fingerprint density at radius 2 is 2.22 bits per heavy atom. The van der Waals surface area contributed by atoms with Gasteiger partial charge in [0.1, 0.15) is 5.75 Å². The molecule has 1 aromatic rings. The second kappa shape index (κ2) is 5.04. The van der Waals surface area contributed by atoms with Gasteiger partial charge < -0.3 is 9.84 Å². The number of carbonyl (C=O) groups is 2. The standard InChI is InChI=1S/C14H14O4/c1-18-11-6-4-9-2-3-10(5-7-13(15)16)14(17)12(9)8-11/h4-6,8H,2-3,7H2,1H3,(H,15,16)/b10-5+. The number of fused-ring (bicyclic) bond motifs is 1. The van der Waals surface area contributed by atoms with E-state index in [9.17, 15) is 9.59 Å². The maximum atomic E-state index is 12.2. The highest BCUT2D eigenvalue weighted by Gasteiger charge is 2.22. The van der Waals surface area contributed by atoms with Gasteiger partial charge in [0.25, 0.3) is 0 Å². The lowest BCUT2D eigenvalue weighted by molar-refractivity contribution is -0.136. The minimum Gasteiger partial charge on any atom is -0.497 e. The molecule has 0 heterocycles. The Balaban J connectivity index is 2.32. The molecule has 0 saturated carbocycles. The second-order valence-electron chi connectivity index (χ2n) is 4.18. The largest absolute Gasteiger partial charge is 0.497 e. The molecule has 18 heavy (non-hydrogen) atoms. The molecule has 0 fully saturated rings. The molecule has 1 aliphatic rings. The van der Waals surface area contributed by atoms with Crippen LogP contribution in [0.2, 0.25) is 0 Å². The van der Waals surface area contributed by atoms with Crippen LogP contribution in [-0.4, -0.2) is 24.0 Å². The zero-order valence-corrected chi connectivity index (χ0v) is 10.1. The van der Waals surface area contributed by atoms with E-state index in [-0.39, 0.29) is 12.2 Å². The van der Waals surface area contributed by atoms with Gasteiger partial charge >= 0.3 is 5.97 Å². The molecule has 0 saturated heterocycles. The van der Waals surface area contributed by atoms with Crippen LogP contribution in [0.4, 0.5) is 0 Å². The number of carbonyl (C=O) groups excluding carboxylic acids is 1. The van der Waals surface area contributed by atoms with Crippen LogP contribution >= 0.6 is 0 Å². The van der Waals surface area contributed by atoms with Crippen LogP contribution in [0, 0.1) is 0 Å². The van der Waals surface area contributed by atoms with Crippen molar-refractivity contribution in [1.29, 1.82) is 0 Å². The highest BCUT2D eigenvalue weighted by molar-refractivity contribution is 6.11. The minimum absolute atomic E-state index is 0.0867. The van der Waals surface area contributed by atoms with Crippen LogP contribution < -0.4 is 4.74 Å². The van der Waals surface area contributed by atoms with E-state index in [1.807, 2.05) is 12.1 Å². The molecule has 0 atom stereocenters. The molecular weight excluding hydrogens is 232 g/mol. The first-order chi connectivity index (χ1) is 8.61. The Morgan fingerprint density at radius 1 is 1.44 bits per heavy atom. The minimum atomic E-state index is -0.924. The topological polar surface area (TPSA) is 63.6 Å². The van der Waals surface area contributed by atoms with Crippen LogP contribution in [-0.2, 0) is 11.2 Å². The van der Waals surface area contributed by atoms with Gasteiger partial charge in [-0.2, -0.15) is 0 Å². The van der Waals surface area contributed by atoms with Gasteiger partial charge in [0.05, 0.1) is 13.5 Å². The summed E-state index contributed by atoms with van der Waals surface area (Å²) in [4.78, 5) is 22.7. The monoisotopic (exact) mass is 246 g/mol. The van der Waals surface area contributed by atoms with Gasteiger partial charge in [0.15, 0.2) is 5.78 Å². The summed E-state index contributed by atoms with van der Waals surface area (Å²) < 4.78 is 5.10. The number of hydrogen-bond acceptors (Lipinski definition) is 3. The van der Waals surface area contributed by atoms with Crippen molar-refractivity contribution in [3.05, 3.63) is 41.0 Å². The highest BCUT2D eigenvalue weighted by atomic mass is 16.5. The van der Waals surface area contributed by atoms with Gasteiger partial charge in [-0.3, -0.25) is 9.59 Å². The summed E-state index contributed by atoms with van der Waals surface area (Å²) in [5.74, 6) is -0.371. The van der Waals surface area contributed by atoms with E-state index in [0.717, 1.165) is 12.0 Å². The lowest BCUT2D eigenvalue weighted by atomic mass is 9.86. The molecule has 0 aliphatic heterocycles. The number of aliphatic carboxylic acids is 1. The number of carboxylic acid groups (broad SMARTS) is 1. The molecule has 0 radical (unpaired) electrons. The number of allylic oxidation sites excluding steroid dienone is 1. The van der Waals surface area contributed by atoms with Gasteiger partial charge in [-0.15, -0.1) is 0 Å². The Hall–Kier alpha value is -2.10. The average molecular weight is 246 g/mol. The summed E-state index contributed by atoms with van der Waals surface area (Å²) >= 11 is 0. The summed E-state index contributed by atoms with van der Waals surface area (Å²) in [7, 11) is 1.55. The third-order valence-electron chi connectivity index (χ3n) is 3.04. The molecule has 94 valence electrons. The zero-order valence-electron chi connectivity index (χ0n) is 10.1. The van der Waals surface area contributed by atoms with E-state index in [1.54, 1.807) is 13.2 Å². The van der Waals surface area contributed by atoms with Crippen LogP contribution in [0.1, 0.15) is 28.8 Å². The maximum absolute atomic E-state index is 12.2. The van der Waals surface area contributed by atoms with Crippen LogP contribution in [0.5, 0.6) is 5.75 Å². The number of methoxy groups -OCH3 is 1. The fourth-order valence-electron chi connectivity index (χ4n) is 2.07.